The number of aliphatic imine (C=N–C) groups is 1. The molecular weight excluding hydrogens is 385 g/mol. The van der Waals surface area contributed by atoms with Gasteiger partial charge in [-0.2, -0.15) is 0 Å². The second kappa shape index (κ2) is 7.82. The van der Waals surface area contributed by atoms with Crippen LogP contribution in [0.3, 0.4) is 0 Å². The van der Waals surface area contributed by atoms with Gasteiger partial charge in [-0.05, 0) is 43.2 Å². The van der Waals surface area contributed by atoms with Gasteiger partial charge in [-0.1, -0.05) is 13.0 Å². The Hall–Kier alpha value is -2.94. The summed E-state index contributed by atoms with van der Waals surface area (Å²) in [6.07, 6.45) is 2.35. The first-order valence-electron chi connectivity index (χ1n) is 9.02. The number of aromatic nitrogens is 1. The summed E-state index contributed by atoms with van der Waals surface area (Å²) in [5.74, 6) is -5.13. The molecule has 0 saturated heterocycles. The van der Waals surface area contributed by atoms with Crippen LogP contribution in [-0.4, -0.2) is 35.9 Å². The van der Waals surface area contributed by atoms with Crippen LogP contribution in [0.4, 0.5) is 18.9 Å². The van der Waals surface area contributed by atoms with Crippen molar-refractivity contribution in [1.82, 2.24) is 4.98 Å². The molecule has 154 valence electrons. The van der Waals surface area contributed by atoms with E-state index in [1.165, 1.54) is 6.07 Å². The maximum absolute atomic E-state index is 14.7. The van der Waals surface area contributed by atoms with Gasteiger partial charge < -0.3 is 15.8 Å². The van der Waals surface area contributed by atoms with Gasteiger partial charge in [-0.15, -0.1) is 0 Å². The number of hydrogen-bond donors (Lipinski definition) is 2. The van der Waals surface area contributed by atoms with Crippen LogP contribution in [0.25, 0.3) is 0 Å². The quantitative estimate of drug-likeness (QED) is 0.816. The fraction of sp³-hybridized carbons (Fsp3) is 0.350. The van der Waals surface area contributed by atoms with Crippen LogP contribution in [0.15, 0.2) is 41.5 Å². The Morgan fingerprint density at radius 1 is 1.31 bits per heavy atom. The lowest BCUT2D eigenvalue weighted by Crippen LogP contribution is -2.45. The highest BCUT2D eigenvalue weighted by atomic mass is 19.3. The zero-order chi connectivity index (χ0) is 21.2. The Morgan fingerprint density at radius 2 is 2.07 bits per heavy atom. The molecule has 0 fully saturated rings. The molecule has 9 heteroatoms. The average molecular weight is 406 g/mol. The number of rotatable bonds is 4. The summed E-state index contributed by atoms with van der Waals surface area (Å²) in [7, 11) is 0. The van der Waals surface area contributed by atoms with E-state index in [1.807, 2.05) is 6.92 Å². The predicted molar refractivity (Wildman–Crippen MR) is 103 cm³/mol. The number of carbonyl (C=O) groups excluding carboxylic acids is 1. The van der Waals surface area contributed by atoms with Gasteiger partial charge in [0.2, 0.25) is 0 Å². The van der Waals surface area contributed by atoms with Gasteiger partial charge in [0, 0.05) is 17.4 Å². The van der Waals surface area contributed by atoms with Crippen LogP contribution < -0.4 is 11.1 Å². The van der Waals surface area contributed by atoms with Crippen molar-refractivity contribution in [2.75, 3.05) is 18.5 Å². The molecule has 0 spiro atoms. The molecular formula is C20H21F3N4O2. The molecule has 3 N–H and O–H groups in total. The van der Waals surface area contributed by atoms with Gasteiger partial charge in [-0.3, -0.25) is 14.8 Å². The van der Waals surface area contributed by atoms with E-state index >= 15 is 0 Å². The molecule has 1 aromatic heterocycles. The second-order valence-electron chi connectivity index (χ2n) is 6.93. The van der Waals surface area contributed by atoms with Gasteiger partial charge >= 0.3 is 0 Å². The van der Waals surface area contributed by atoms with E-state index in [9.17, 15) is 18.0 Å². The normalized spacial score (nSPS) is 21.2. The van der Waals surface area contributed by atoms with Crippen LogP contribution in [0.2, 0.25) is 0 Å². The van der Waals surface area contributed by atoms with E-state index in [4.69, 9.17) is 10.5 Å². The van der Waals surface area contributed by atoms with Crippen molar-refractivity contribution in [3.05, 3.63) is 59.2 Å². The molecule has 2 aromatic rings. The molecule has 6 nitrogen and oxygen atoms in total. The number of benzene rings is 1. The van der Waals surface area contributed by atoms with Crippen molar-refractivity contribution in [3.8, 4) is 0 Å². The first-order chi connectivity index (χ1) is 13.7. The summed E-state index contributed by atoms with van der Waals surface area (Å²) in [5.41, 5.74) is 4.18. The summed E-state index contributed by atoms with van der Waals surface area (Å²) < 4.78 is 48.8. The Bertz CT molecular complexity index is 947. The fourth-order valence-electron chi connectivity index (χ4n) is 3.02. The maximum Gasteiger partial charge on any atom is 0.299 e. The lowest BCUT2D eigenvalue weighted by molar-refractivity contribution is -0.116. The van der Waals surface area contributed by atoms with Crippen LogP contribution in [-0.2, 0) is 16.7 Å². The van der Waals surface area contributed by atoms with E-state index in [-0.39, 0.29) is 23.8 Å². The summed E-state index contributed by atoms with van der Waals surface area (Å²) in [5, 5.41) is 2.55. The molecule has 1 atom stereocenters. The topological polar surface area (TPSA) is 89.6 Å². The largest absolute Gasteiger partial charge is 0.385 e. The summed E-state index contributed by atoms with van der Waals surface area (Å²) >= 11 is 0. The molecule has 0 aliphatic carbocycles. The van der Waals surface area contributed by atoms with Crippen molar-refractivity contribution >= 4 is 17.4 Å². The number of pyridine rings is 1. The monoisotopic (exact) mass is 406 g/mol. The fourth-order valence-corrected chi connectivity index (χ4v) is 3.02. The van der Waals surface area contributed by atoms with Crippen molar-refractivity contribution in [2.45, 2.75) is 31.7 Å². The van der Waals surface area contributed by atoms with Crippen LogP contribution in [0.1, 0.15) is 35.5 Å². The van der Waals surface area contributed by atoms with Crippen LogP contribution >= 0.6 is 0 Å². The molecule has 29 heavy (non-hydrogen) atoms. The van der Waals surface area contributed by atoms with E-state index < -0.39 is 35.4 Å². The molecule has 3 rings (SSSR count). The number of aryl methyl sites for hydroxylation is 1. The van der Waals surface area contributed by atoms with Gasteiger partial charge in [-0.25, -0.2) is 13.2 Å². The molecule has 1 aliphatic rings. The van der Waals surface area contributed by atoms with Crippen LogP contribution in [0, 0.1) is 5.82 Å². The number of ether oxygens (including phenoxy) is 1. The number of nitrogens with one attached hydrogen (secondary N) is 1. The standard InChI is InChI=1S/C20H21F3N4O2/c1-3-12-4-7-16(25-9-12)18(28)26-13-5-6-15(21)14(8-13)19(2)20(22,23)11-29-10-17(24)27-19/h4-9H,3,10-11H2,1-2H3,(H2,24,27)(H,26,28). The third kappa shape index (κ3) is 4.09. The number of alkyl halides is 2. The lowest BCUT2D eigenvalue weighted by atomic mass is 9.85. The Labute approximate surface area is 166 Å². The van der Waals surface area contributed by atoms with Gasteiger partial charge in [0.15, 0.2) is 5.54 Å². The molecule has 1 aliphatic heterocycles. The van der Waals surface area contributed by atoms with Crippen molar-refractivity contribution in [2.24, 2.45) is 10.7 Å². The number of halogens is 3. The smallest absolute Gasteiger partial charge is 0.299 e. The summed E-state index contributed by atoms with van der Waals surface area (Å²) in [4.78, 5) is 20.3. The minimum absolute atomic E-state index is 0.128. The lowest BCUT2D eigenvalue weighted by Gasteiger charge is -2.33. The number of anilines is 1. The Kier molecular flexibility index (Phi) is 5.61. The van der Waals surface area contributed by atoms with Crippen molar-refractivity contribution in [1.29, 1.82) is 0 Å². The number of hydrogen-bond acceptors (Lipinski definition) is 5. The molecule has 1 unspecified atom stereocenters. The molecule has 0 bridgehead atoms. The van der Waals surface area contributed by atoms with E-state index in [0.29, 0.717) is 0 Å². The van der Waals surface area contributed by atoms with E-state index in [2.05, 4.69) is 15.3 Å². The average Bonchev–Trinajstić information content (AvgIpc) is 2.78. The zero-order valence-corrected chi connectivity index (χ0v) is 16.0. The highest BCUT2D eigenvalue weighted by molar-refractivity contribution is 6.02. The summed E-state index contributed by atoms with van der Waals surface area (Å²) in [6.45, 7) is 1.81. The number of amides is 1. The number of amidine groups is 1. The number of carbonyl (C=O) groups is 1. The minimum Gasteiger partial charge on any atom is -0.385 e. The third-order valence-corrected chi connectivity index (χ3v) is 4.83. The van der Waals surface area contributed by atoms with Crippen molar-refractivity contribution in [3.63, 3.8) is 0 Å². The zero-order valence-electron chi connectivity index (χ0n) is 16.0. The van der Waals surface area contributed by atoms with Gasteiger partial charge in [0.25, 0.3) is 11.8 Å². The molecule has 0 radical (unpaired) electrons. The highest BCUT2D eigenvalue weighted by Gasteiger charge is 2.54. The minimum atomic E-state index is -3.52. The predicted octanol–water partition coefficient (Wildman–Crippen LogP) is 3.27. The third-order valence-electron chi connectivity index (χ3n) is 4.83. The molecule has 1 amide bonds. The van der Waals surface area contributed by atoms with Crippen LogP contribution in [0.5, 0.6) is 0 Å². The molecule has 1 aromatic carbocycles. The highest BCUT2D eigenvalue weighted by Crippen LogP contribution is 2.44. The Morgan fingerprint density at radius 3 is 2.72 bits per heavy atom. The van der Waals surface area contributed by atoms with Gasteiger partial charge in [0.05, 0.1) is 0 Å². The summed E-state index contributed by atoms with van der Waals surface area (Å²) in [6, 6.07) is 6.73. The number of nitrogens with zero attached hydrogens (tertiary/aromatic N) is 2. The SMILES string of the molecule is CCc1ccc(C(=O)Nc2ccc(F)c(C3(C)N=C(N)COCC3(F)F)c2)nc1. The molecule has 0 saturated carbocycles. The Balaban J connectivity index is 1.95. The van der Waals surface area contributed by atoms with Gasteiger partial charge in [0.1, 0.15) is 30.6 Å². The van der Waals surface area contributed by atoms with Crippen molar-refractivity contribution < 1.29 is 22.7 Å². The second-order valence-corrected chi connectivity index (χ2v) is 6.93. The maximum atomic E-state index is 14.7. The van der Waals surface area contributed by atoms with E-state index in [0.717, 1.165) is 31.0 Å². The number of nitrogens with two attached hydrogens (primary N) is 1. The molecule has 2 heterocycles. The van der Waals surface area contributed by atoms with E-state index in [1.54, 1.807) is 18.3 Å². The first-order valence-corrected chi connectivity index (χ1v) is 9.02. The first kappa shape index (κ1) is 20.8.